The Morgan fingerprint density at radius 3 is 2.23 bits per heavy atom. The minimum Gasteiger partial charge on any atom is -0.507 e. The fourth-order valence-corrected chi connectivity index (χ4v) is 3.92. The van der Waals surface area contributed by atoms with Crippen molar-refractivity contribution in [2.24, 2.45) is 5.73 Å². The van der Waals surface area contributed by atoms with Gasteiger partial charge in [0.25, 0.3) is 5.91 Å². The van der Waals surface area contributed by atoms with Gasteiger partial charge in [0.1, 0.15) is 42.3 Å². The fourth-order valence-electron chi connectivity index (χ4n) is 3.92. The molecule has 0 saturated heterocycles. The Kier molecular flexibility index (Phi) is 12.4. The molecule has 1 atom stereocenters. The summed E-state index contributed by atoms with van der Waals surface area (Å²) in [6.07, 6.45) is 0.932. The van der Waals surface area contributed by atoms with Gasteiger partial charge in [-0.3, -0.25) is 9.69 Å². The SMILES string of the molecule is COCCOc1ccc(OCC(O)CN(CCCCOc2ccc(O)c(C(N)=O)c2)Cc2ccccc2)cc1. The number of hydrogen-bond donors (Lipinski definition) is 3. The summed E-state index contributed by atoms with van der Waals surface area (Å²) in [6, 6.07) is 21.8. The third-order valence-electron chi connectivity index (χ3n) is 5.91. The molecule has 0 bridgehead atoms. The number of unbranched alkanes of at least 4 members (excludes halogenated alkanes) is 1. The van der Waals surface area contributed by atoms with E-state index >= 15 is 0 Å². The van der Waals surface area contributed by atoms with Gasteiger partial charge < -0.3 is 34.9 Å². The molecular weight excluding hydrogens is 500 g/mol. The van der Waals surface area contributed by atoms with Crippen molar-refractivity contribution in [2.75, 3.05) is 46.6 Å². The van der Waals surface area contributed by atoms with Gasteiger partial charge in [0, 0.05) is 20.2 Å². The Balaban J connectivity index is 1.45. The van der Waals surface area contributed by atoms with E-state index in [2.05, 4.69) is 17.0 Å². The number of aliphatic hydroxyl groups excluding tert-OH is 1. The summed E-state index contributed by atoms with van der Waals surface area (Å²) in [4.78, 5) is 13.6. The van der Waals surface area contributed by atoms with Crippen molar-refractivity contribution in [1.29, 1.82) is 0 Å². The number of rotatable bonds is 18. The molecule has 39 heavy (non-hydrogen) atoms. The standard InChI is InChI=1S/C30H38N2O7/c1-36-17-18-38-25-9-11-26(12-10-25)39-22-24(33)21-32(20-23-7-3-2-4-8-23)15-5-6-16-37-27-13-14-29(34)28(19-27)30(31)35/h2-4,7-14,19,24,33-34H,5-6,15-18,20-22H2,1H3,(H2,31,35). The maximum absolute atomic E-state index is 11.4. The molecule has 1 unspecified atom stereocenters. The van der Waals surface area contributed by atoms with E-state index in [1.807, 2.05) is 42.5 Å². The van der Waals surface area contributed by atoms with Gasteiger partial charge in [-0.15, -0.1) is 0 Å². The average molecular weight is 539 g/mol. The van der Waals surface area contributed by atoms with Crippen molar-refractivity contribution < 1.29 is 34.0 Å². The van der Waals surface area contributed by atoms with Gasteiger partial charge in [-0.2, -0.15) is 0 Å². The molecule has 3 rings (SSSR count). The van der Waals surface area contributed by atoms with Crippen molar-refractivity contribution in [2.45, 2.75) is 25.5 Å². The lowest BCUT2D eigenvalue weighted by atomic mass is 10.2. The Morgan fingerprint density at radius 2 is 1.54 bits per heavy atom. The molecular formula is C30H38N2O7. The van der Waals surface area contributed by atoms with E-state index in [9.17, 15) is 15.0 Å². The molecule has 0 aromatic heterocycles. The van der Waals surface area contributed by atoms with Crippen LogP contribution in [0.1, 0.15) is 28.8 Å². The van der Waals surface area contributed by atoms with Crippen LogP contribution in [0.2, 0.25) is 0 Å². The van der Waals surface area contributed by atoms with Crippen LogP contribution in [-0.4, -0.2) is 73.8 Å². The number of primary amides is 1. The fraction of sp³-hybridized carbons (Fsp3) is 0.367. The van der Waals surface area contributed by atoms with Crippen LogP contribution in [0.3, 0.4) is 0 Å². The number of hydrogen-bond acceptors (Lipinski definition) is 8. The molecule has 3 aromatic rings. The average Bonchev–Trinajstić information content (AvgIpc) is 2.93. The van der Waals surface area contributed by atoms with Crippen LogP contribution >= 0.6 is 0 Å². The number of nitrogens with zero attached hydrogens (tertiary/aromatic N) is 1. The highest BCUT2D eigenvalue weighted by atomic mass is 16.5. The second kappa shape index (κ2) is 16.2. The lowest BCUT2D eigenvalue weighted by Crippen LogP contribution is -2.36. The van der Waals surface area contributed by atoms with E-state index < -0.39 is 12.0 Å². The summed E-state index contributed by atoms with van der Waals surface area (Å²) in [5.74, 6) is 0.995. The summed E-state index contributed by atoms with van der Waals surface area (Å²) in [5, 5.41) is 20.4. The minimum absolute atomic E-state index is 0.0316. The van der Waals surface area contributed by atoms with E-state index in [0.717, 1.165) is 30.7 Å². The number of methoxy groups -OCH3 is 1. The Labute approximate surface area is 229 Å². The van der Waals surface area contributed by atoms with E-state index in [0.29, 0.717) is 44.4 Å². The predicted octanol–water partition coefficient (Wildman–Crippen LogP) is 3.62. The zero-order chi connectivity index (χ0) is 27.9. The van der Waals surface area contributed by atoms with Crippen molar-refractivity contribution in [3.8, 4) is 23.0 Å². The number of aliphatic hydroxyl groups is 1. The van der Waals surface area contributed by atoms with Gasteiger partial charge >= 0.3 is 0 Å². The number of benzene rings is 3. The van der Waals surface area contributed by atoms with E-state index in [-0.39, 0.29) is 17.9 Å². The van der Waals surface area contributed by atoms with Crippen molar-refractivity contribution in [1.82, 2.24) is 4.90 Å². The third-order valence-corrected chi connectivity index (χ3v) is 5.91. The zero-order valence-corrected chi connectivity index (χ0v) is 22.3. The number of nitrogens with two attached hydrogens (primary N) is 1. The quantitative estimate of drug-likeness (QED) is 0.210. The van der Waals surface area contributed by atoms with Crippen LogP contribution in [-0.2, 0) is 11.3 Å². The van der Waals surface area contributed by atoms with Gasteiger partial charge in [0.15, 0.2) is 0 Å². The van der Waals surface area contributed by atoms with Crippen LogP contribution < -0.4 is 19.9 Å². The number of ether oxygens (including phenoxy) is 4. The zero-order valence-electron chi connectivity index (χ0n) is 22.3. The van der Waals surface area contributed by atoms with Gasteiger partial charge in [-0.1, -0.05) is 30.3 Å². The lowest BCUT2D eigenvalue weighted by molar-refractivity contribution is 0.0645. The largest absolute Gasteiger partial charge is 0.507 e. The first-order valence-electron chi connectivity index (χ1n) is 13.0. The molecule has 9 nitrogen and oxygen atoms in total. The first-order valence-corrected chi connectivity index (χ1v) is 13.0. The Bertz CT molecular complexity index is 1130. The highest BCUT2D eigenvalue weighted by Gasteiger charge is 2.14. The molecule has 0 heterocycles. The molecule has 210 valence electrons. The van der Waals surface area contributed by atoms with E-state index in [4.69, 9.17) is 24.7 Å². The molecule has 0 fully saturated rings. The van der Waals surface area contributed by atoms with Gasteiger partial charge in [0.2, 0.25) is 0 Å². The van der Waals surface area contributed by atoms with Gasteiger partial charge in [-0.05, 0) is 67.4 Å². The van der Waals surface area contributed by atoms with Crippen LogP contribution in [0.5, 0.6) is 23.0 Å². The Morgan fingerprint density at radius 1 is 0.872 bits per heavy atom. The molecule has 0 aliphatic carbocycles. The van der Waals surface area contributed by atoms with E-state index in [1.165, 1.54) is 12.1 Å². The van der Waals surface area contributed by atoms with Crippen LogP contribution in [0.15, 0.2) is 72.8 Å². The Hall–Kier alpha value is -3.79. The minimum atomic E-state index is -0.707. The van der Waals surface area contributed by atoms with Crippen molar-refractivity contribution in [3.05, 3.63) is 83.9 Å². The summed E-state index contributed by atoms with van der Waals surface area (Å²) in [5.41, 5.74) is 6.47. The molecule has 0 radical (unpaired) electrons. The summed E-state index contributed by atoms with van der Waals surface area (Å²) in [7, 11) is 1.63. The predicted molar refractivity (Wildman–Crippen MR) is 148 cm³/mol. The van der Waals surface area contributed by atoms with Crippen molar-refractivity contribution >= 4 is 5.91 Å². The highest BCUT2D eigenvalue weighted by molar-refractivity contribution is 5.95. The maximum atomic E-state index is 11.4. The van der Waals surface area contributed by atoms with Gasteiger partial charge in [0.05, 0.1) is 18.8 Å². The topological polar surface area (TPSA) is 124 Å². The number of aromatic hydroxyl groups is 1. The summed E-state index contributed by atoms with van der Waals surface area (Å²) < 4.78 is 22.1. The van der Waals surface area contributed by atoms with Gasteiger partial charge in [-0.25, -0.2) is 0 Å². The highest BCUT2D eigenvalue weighted by Crippen LogP contribution is 2.23. The second-order valence-corrected chi connectivity index (χ2v) is 9.10. The maximum Gasteiger partial charge on any atom is 0.252 e. The lowest BCUT2D eigenvalue weighted by Gasteiger charge is -2.25. The molecule has 0 aliphatic heterocycles. The molecule has 0 aliphatic rings. The van der Waals surface area contributed by atoms with Crippen LogP contribution in [0, 0.1) is 0 Å². The monoisotopic (exact) mass is 538 g/mol. The molecule has 0 saturated carbocycles. The number of carbonyl (C=O) groups is 1. The number of amides is 1. The third kappa shape index (κ3) is 10.8. The smallest absolute Gasteiger partial charge is 0.252 e. The molecule has 1 amide bonds. The van der Waals surface area contributed by atoms with Crippen LogP contribution in [0.25, 0.3) is 0 Å². The first kappa shape index (κ1) is 29.8. The molecule has 3 aromatic carbocycles. The van der Waals surface area contributed by atoms with Crippen molar-refractivity contribution in [3.63, 3.8) is 0 Å². The summed E-state index contributed by atoms with van der Waals surface area (Å²) in [6.45, 7) is 3.52. The normalized spacial score (nSPS) is 11.8. The number of carbonyl (C=O) groups excluding carboxylic acids is 1. The molecule has 0 spiro atoms. The second-order valence-electron chi connectivity index (χ2n) is 9.10. The molecule has 4 N–H and O–H groups in total. The molecule has 9 heteroatoms. The van der Waals surface area contributed by atoms with E-state index in [1.54, 1.807) is 13.2 Å². The van der Waals surface area contributed by atoms with Crippen LogP contribution in [0.4, 0.5) is 0 Å². The number of phenols is 1. The summed E-state index contributed by atoms with van der Waals surface area (Å²) >= 11 is 0. The first-order chi connectivity index (χ1) is 18.9.